The third-order valence-electron chi connectivity index (χ3n) is 3.52. The standard InChI is InChI=1S/C17H16ClN5O3S/c1-9(19)16(27-20-2)17(24)23-15-8-21-12(7-22-15)10-5-13-14(6-11(10)18)26-4-3-25-13/h5-8H,2-4,19H2,1H3,(H,22,23,24)/b16-9-. The SMILES string of the molecule is C=NS/C(C(=O)Nc1cnc(-c2cc3c(cc2Cl)OCCO3)cn1)=C(/C)N. The van der Waals surface area contributed by atoms with Crippen LogP contribution in [-0.4, -0.2) is 35.8 Å². The van der Waals surface area contributed by atoms with Crippen LogP contribution in [-0.2, 0) is 4.79 Å². The highest BCUT2D eigenvalue weighted by Gasteiger charge is 2.18. The van der Waals surface area contributed by atoms with Crippen molar-refractivity contribution < 1.29 is 14.3 Å². The lowest BCUT2D eigenvalue weighted by molar-refractivity contribution is -0.112. The number of hydrogen-bond acceptors (Lipinski definition) is 8. The zero-order valence-electron chi connectivity index (χ0n) is 14.4. The van der Waals surface area contributed by atoms with Crippen LogP contribution in [0.3, 0.4) is 0 Å². The highest BCUT2D eigenvalue weighted by Crippen LogP contribution is 2.39. The van der Waals surface area contributed by atoms with Gasteiger partial charge in [0.15, 0.2) is 17.3 Å². The Bertz CT molecular complexity index is 914. The van der Waals surface area contributed by atoms with Gasteiger partial charge in [-0.3, -0.25) is 9.78 Å². The van der Waals surface area contributed by atoms with Crippen molar-refractivity contribution in [3.63, 3.8) is 0 Å². The molecule has 0 bridgehead atoms. The van der Waals surface area contributed by atoms with E-state index in [0.717, 1.165) is 11.9 Å². The van der Waals surface area contributed by atoms with E-state index in [1.807, 2.05) is 0 Å². The van der Waals surface area contributed by atoms with Gasteiger partial charge in [0, 0.05) is 29.3 Å². The Balaban J connectivity index is 1.81. The molecular formula is C17H16ClN5O3S. The number of rotatable bonds is 5. The molecule has 10 heteroatoms. The molecule has 0 saturated heterocycles. The molecular weight excluding hydrogens is 390 g/mol. The molecule has 1 amide bonds. The number of fused-ring (bicyclic) bond motifs is 1. The molecule has 3 rings (SSSR count). The van der Waals surface area contributed by atoms with Gasteiger partial charge in [-0.1, -0.05) is 11.6 Å². The van der Waals surface area contributed by atoms with Crippen LogP contribution in [0.2, 0.25) is 5.02 Å². The Kier molecular flexibility index (Phi) is 5.82. The van der Waals surface area contributed by atoms with Gasteiger partial charge >= 0.3 is 0 Å². The molecule has 3 N–H and O–H groups in total. The second-order valence-corrected chi connectivity index (χ2v) is 6.71. The van der Waals surface area contributed by atoms with E-state index in [0.29, 0.717) is 46.7 Å². The molecule has 27 heavy (non-hydrogen) atoms. The molecule has 0 radical (unpaired) electrons. The number of anilines is 1. The van der Waals surface area contributed by atoms with E-state index in [-0.39, 0.29) is 10.7 Å². The smallest absolute Gasteiger partial charge is 0.266 e. The van der Waals surface area contributed by atoms with Crippen LogP contribution >= 0.6 is 23.5 Å². The molecule has 0 aliphatic carbocycles. The van der Waals surface area contributed by atoms with Gasteiger partial charge < -0.3 is 20.5 Å². The highest BCUT2D eigenvalue weighted by molar-refractivity contribution is 8.02. The number of nitrogens with zero attached hydrogens (tertiary/aromatic N) is 3. The van der Waals surface area contributed by atoms with Crippen LogP contribution in [0.1, 0.15) is 6.92 Å². The molecule has 0 saturated carbocycles. The molecule has 0 spiro atoms. The molecule has 2 aromatic rings. The first kappa shape index (κ1) is 19.0. The summed E-state index contributed by atoms with van der Waals surface area (Å²) in [6.45, 7) is 5.90. The zero-order valence-corrected chi connectivity index (χ0v) is 15.9. The molecule has 1 aliphatic rings. The largest absolute Gasteiger partial charge is 0.486 e. The van der Waals surface area contributed by atoms with E-state index < -0.39 is 5.91 Å². The summed E-state index contributed by atoms with van der Waals surface area (Å²) in [5.41, 5.74) is 7.20. The molecule has 8 nitrogen and oxygen atoms in total. The number of halogens is 1. The van der Waals surface area contributed by atoms with Gasteiger partial charge in [0.25, 0.3) is 5.91 Å². The summed E-state index contributed by atoms with van der Waals surface area (Å²) < 4.78 is 14.7. The van der Waals surface area contributed by atoms with E-state index >= 15 is 0 Å². The van der Waals surface area contributed by atoms with Gasteiger partial charge in [-0.15, -0.1) is 0 Å². The maximum atomic E-state index is 12.2. The van der Waals surface area contributed by atoms with E-state index in [2.05, 4.69) is 26.4 Å². The third-order valence-corrected chi connectivity index (χ3v) is 4.65. The average molecular weight is 406 g/mol. The van der Waals surface area contributed by atoms with E-state index in [9.17, 15) is 4.79 Å². The van der Waals surface area contributed by atoms with E-state index in [4.69, 9.17) is 26.8 Å². The molecule has 0 fully saturated rings. The number of carbonyl (C=O) groups is 1. The number of aromatic nitrogens is 2. The minimum Gasteiger partial charge on any atom is -0.486 e. The van der Waals surface area contributed by atoms with Crippen molar-refractivity contribution in [1.82, 2.24) is 9.97 Å². The molecule has 1 aliphatic heterocycles. The predicted molar refractivity (Wildman–Crippen MR) is 106 cm³/mol. The number of nitrogens with two attached hydrogens (primary N) is 1. The lowest BCUT2D eigenvalue weighted by Gasteiger charge is -2.19. The molecule has 2 heterocycles. The lowest BCUT2D eigenvalue weighted by atomic mass is 10.1. The fourth-order valence-electron chi connectivity index (χ4n) is 2.32. The topological polar surface area (TPSA) is 112 Å². The quantitative estimate of drug-likeness (QED) is 0.446. The van der Waals surface area contributed by atoms with Crippen LogP contribution in [0.15, 0.2) is 39.5 Å². The van der Waals surface area contributed by atoms with Gasteiger partial charge in [-0.05, 0) is 19.7 Å². The normalized spacial score (nSPS) is 13.6. The van der Waals surface area contributed by atoms with Crippen molar-refractivity contribution in [2.75, 3.05) is 18.5 Å². The van der Waals surface area contributed by atoms with Crippen molar-refractivity contribution in [2.24, 2.45) is 10.1 Å². The Labute approximate surface area is 165 Å². The summed E-state index contributed by atoms with van der Waals surface area (Å²) >= 11 is 7.21. The molecule has 0 unspecified atom stereocenters. The number of carbonyl (C=O) groups excluding carboxylic acids is 1. The number of amides is 1. The summed E-state index contributed by atoms with van der Waals surface area (Å²) in [6, 6.07) is 3.44. The number of nitrogens with one attached hydrogen (secondary N) is 1. The fourth-order valence-corrected chi connectivity index (χ4v) is 2.98. The highest BCUT2D eigenvalue weighted by atomic mass is 35.5. The van der Waals surface area contributed by atoms with Crippen LogP contribution in [0.25, 0.3) is 11.3 Å². The van der Waals surface area contributed by atoms with Crippen molar-refractivity contribution in [3.8, 4) is 22.8 Å². The first-order valence-electron chi connectivity index (χ1n) is 7.82. The Morgan fingerprint density at radius 1 is 1.30 bits per heavy atom. The first-order valence-corrected chi connectivity index (χ1v) is 8.97. The summed E-state index contributed by atoms with van der Waals surface area (Å²) in [4.78, 5) is 21.0. The molecule has 140 valence electrons. The van der Waals surface area contributed by atoms with Gasteiger partial charge in [0.05, 0.1) is 23.1 Å². The number of allylic oxidation sites excluding steroid dienone is 1. The maximum absolute atomic E-state index is 12.2. The molecule has 1 aromatic carbocycles. The van der Waals surface area contributed by atoms with E-state index in [1.54, 1.807) is 19.1 Å². The number of hydrogen-bond donors (Lipinski definition) is 2. The van der Waals surface area contributed by atoms with Crippen LogP contribution in [0.5, 0.6) is 11.5 Å². The average Bonchev–Trinajstić information content (AvgIpc) is 2.66. The van der Waals surface area contributed by atoms with Crippen molar-refractivity contribution >= 4 is 42.0 Å². The van der Waals surface area contributed by atoms with E-state index in [1.165, 1.54) is 12.4 Å². The third kappa shape index (κ3) is 4.32. The summed E-state index contributed by atoms with van der Waals surface area (Å²) in [7, 11) is 0. The summed E-state index contributed by atoms with van der Waals surface area (Å²) in [5, 5.41) is 3.08. The van der Waals surface area contributed by atoms with Crippen LogP contribution in [0.4, 0.5) is 5.82 Å². The summed E-state index contributed by atoms with van der Waals surface area (Å²) in [6.07, 6.45) is 2.93. The Morgan fingerprint density at radius 3 is 2.59 bits per heavy atom. The van der Waals surface area contributed by atoms with Gasteiger partial charge in [0.2, 0.25) is 0 Å². The first-order chi connectivity index (χ1) is 13.0. The zero-order chi connectivity index (χ0) is 19.4. The fraction of sp³-hybridized carbons (Fsp3) is 0.176. The van der Waals surface area contributed by atoms with Gasteiger partial charge in [-0.2, -0.15) is 0 Å². The second-order valence-electron chi connectivity index (χ2n) is 5.45. The predicted octanol–water partition coefficient (Wildman–Crippen LogP) is 3.05. The van der Waals surface area contributed by atoms with Crippen LogP contribution < -0.4 is 20.5 Å². The number of ether oxygens (including phenoxy) is 2. The molecule has 1 aromatic heterocycles. The minimum atomic E-state index is -0.438. The van der Waals surface area contributed by atoms with Crippen LogP contribution in [0, 0.1) is 0 Å². The van der Waals surface area contributed by atoms with Crippen molar-refractivity contribution in [1.29, 1.82) is 0 Å². The van der Waals surface area contributed by atoms with Crippen molar-refractivity contribution in [2.45, 2.75) is 6.92 Å². The monoisotopic (exact) mass is 405 g/mol. The number of benzene rings is 1. The maximum Gasteiger partial charge on any atom is 0.266 e. The lowest BCUT2D eigenvalue weighted by Crippen LogP contribution is -2.17. The molecule has 0 atom stereocenters. The Hall–Kier alpha value is -2.78. The van der Waals surface area contributed by atoms with Crippen molar-refractivity contribution in [3.05, 3.63) is 40.2 Å². The Morgan fingerprint density at radius 2 is 2.00 bits per heavy atom. The summed E-state index contributed by atoms with van der Waals surface area (Å²) in [5.74, 6) is 1.02. The van der Waals surface area contributed by atoms with Gasteiger partial charge in [-0.25, -0.2) is 9.38 Å². The second kappa shape index (κ2) is 8.28. The van der Waals surface area contributed by atoms with Gasteiger partial charge in [0.1, 0.15) is 18.1 Å². The minimum absolute atomic E-state index is 0.241.